The summed E-state index contributed by atoms with van der Waals surface area (Å²) in [4.78, 5) is 52.6. The minimum Gasteiger partial charge on any atom is -0.352 e. The van der Waals surface area contributed by atoms with Gasteiger partial charge in [-0.15, -0.1) is 0 Å². The fourth-order valence-corrected chi connectivity index (χ4v) is 8.24. The van der Waals surface area contributed by atoms with Crippen molar-refractivity contribution in [1.82, 2.24) is 26.6 Å². The van der Waals surface area contributed by atoms with Gasteiger partial charge in [0.15, 0.2) is 0 Å². The molecule has 0 saturated heterocycles. The zero-order valence-electron chi connectivity index (χ0n) is 38.1. The van der Waals surface area contributed by atoms with E-state index < -0.39 is 33.3 Å². The summed E-state index contributed by atoms with van der Waals surface area (Å²) in [7, 11) is -3.23. The summed E-state index contributed by atoms with van der Waals surface area (Å²) in [5, 5.41) is 15.2. The SMILES string of the molecule is Cc1c(F)cc(C(=O)NC2CC2CC(C)(C)CNC(=O)c2ccc(-c3cc(C(=O)NC4CC4)cc(F)c3C)c(CNCC(C)(C)C)c2)cc1-c1ccc(C(=O)NCCS(C)(=O)=O)cc1. The van der Waals surface area contributed by atoms with E-state index in [2.05, 4.69) is 61.2 Å². The molecule has 2 fully saturated rings. The lowest BCUT2D eigenvalue weighted by Crippen LogP contribution is -2.35. The summed E-state index contributed by atoms with van der Waals surface area (Å²) in [6.07, 6.45) is 4.39. The maximum Gasteiger partial charge on any atom is 0.251 e. The lowest BCUT2D eigenvalue weighted by Gasteiger charge is -2.25. The number of halogens is 2. The number of rotatable bonds is 18. The molecule has 342 valence electrons. The molecule has 0 heterocycles. The van der Waals surface area contributed by atoms with Gasteiger partial charge in [0, 0.05) is 66.8 Å². The van der Waals surface area contributed by atoms with Crippen molar-refractivity contribution in [3.8, 4) is 22.3 Å². The first-order valence-electron chi connectivity index (χ1n) is 21.9. The maximum absolute atomic E-state index is 15.3. The van der Waals surface area contributed by atoms with Gasteiger partial charge in [0.25, 0.3) is 23.6 Å². The van der Waals surface area contributed by atoms with Crippen LogP contribution in [-0.4, -0.2) is 75.8 Å². The predicted octanol–water partition coefficient (Wildman–Crippen LogP) is 7.68. The third kappa shape index (κ3) is 13.1. The smallest absolute Gasteiger partial charge is 0.251 e. The zero-order valence-corrected chi connectivity index (χ0v) is 38.9. The van der Waals surface area contributed by atoms with Gasteiger partial charge in [0.05, 0.1) is 5.75 Å². The predicted molar refractivity (Wildman–Crippen MR) is 247 cm³/mol. The number of hydrogen-bond acceptors (Lipinski definition) is 7. The van der Waals surface area contributed by atoms with Crippen LogP contribution in [-0.2, 0) is 16.4 Å². The van der Waals surface area contributed by atoms with Crippen LogP contribution in [0.15, 0.2) is 66.7 Å². The molecule has 2 saturated carbocycles. The Morgan fingerprint density at radius 2 is 1.25 bits per heavy atom. The molecular weight excluding hydrogens is 837 g/mol. The van der Waals surface area contributed by atoms with E-state index >= 15 is 8.78 Å². The van der Waals surface area contributed by atoms with Crippen LogP contribution in [0, 0.1) is 42.2 Å². The molecule has 2 aliphatic rings. The van der Waals surface area contributed by atoms with Gasteiger partial charge in [-0.05, 0) is 144 Å². The van der Waals surface area contributed by atoms with Gasteiger partial charge < -0.3 is 26.6 Å². The number of sulfone groups is 1. The standard InChI is InChI=1S/C50H61F2N5O6S/c1-29-40(31-9-11-32(12-10-31)45(58)54-17-18-64(8,62)63)20-34(22-42(29)51)48(61)57-44-24-36(44)25-50(6,7)28-55-46(59)33-13-16-39(37(19-33)26-53-27-49(3,4)5)41-21-35(23-43(52)30(41)2)47(60)56-38-14-15-38/h9-13,16,19-23,36,38,44,53H,14-15,17-18,24-28H2,1-8H3,(H,54,58)(H,55,59)(H,56,60)(H,57,61). The Morgan fingerprint density at radius 1 is 0.672 bits per heavy atom. The van der Waals surface area contributed by atoms with Crippen LogP contribution in [0.2, 0.25) is 0 Å². The molecular formula is C50H61F2N5O6S. The topological polar surface area (TPSA) is 163 Å². The van der Waals surface area contributed by atoms with Crippen LogP contribution >= 0.6 is 0 Å². The second-order valence-corrected chi connectivity index (χ2v) is 21.9. The Morgan fingerprint density at radius 3 is 1.86 bits per heavy atom. The van der Waals surface area contributed by atoms with Gasteiger partial charge in [-0.2, -0.15) is 0 Å². The summed E-state index contributed by atoms with van der Waals surface area (Å²) >= 11 is 0. The number of hydrogen-bond donors (Lipinski definition) is 5. The Balaban J connectivity index is 1.07. The maximum atomic E-state index is 15.3. The number of amides is 4. The van der Waals surface area contributed by atoms with Crippen molar-refractivity contribution < 1.29 is 36.4 Å². The van der Waals surface area contributed by atoms with Crippen molar-refractivity contribution in [2.45, 2.75) is 92.8 Å². The zero-order chi connectivity index (χ0) is 46.7. The van der Waals surface area contributed by atoms with Gasteiger partial charge in [-0.25, -0.2) is 17.2 Å². The molecule has 0 spiro atoms. The largest absolute Gasteiger partial charge is 0.352 e. The summed E-state index contributed by atoms with van der Waals surface area (Å²) in [6.45, 7) is 15.3. The van der Waals surface area contributed by atoms with Crippen molar-refractivity contribution in [3.63, 3.8) is 0 Å². The van der Waals surface area contributed by atoms with Gasteiger partial charge in [0.2, 0.25) is 0 Å². The molecule has 2 aliphatic carbocycles. The molecule has 0 radical (unpaired) electrons. The van der Waals surface area contributed by atoms with Gasteiger partial charge in [0.1, 0.15) is 21.5 Å². The first kappa shape index (κ1) is 48.0. The highest BCUT2D eigenvalue weighted by Crippen LogP contribution is 2.41. The number of nitrogens with one attached hydrogen (secondary N) is 5. The highest BCUT2D eigenvalue weighted by molar-refractivity contribution is 7.90. The third-order valence-electron chi connectivity index (χ3n) is 11.8. The molecule has 64 heavy (non-hydrogen) atoms. The minimum atomic E-state index is -3.23. The van der Waals surface area contributed by atoms with Crippen molar-refractivity contribution >= 4 is 33.5 Å². The summed E-state index contributed by atoms with van der Waals surface area (Å²) < 4.78 is 53.3. The molecule has 14 heteroatoms. The molecule has 2 atom stereocenters. The van der Waals surface area contributed by atoms with Crippen LogP contribution < -0.4 is 26.6 Å². The molecule has 0 aromatic heterocycles. The fraction of sp³-hybridized carbons (Fsp3) is 0.440. The van der Waals surface area contributed by atoms with Crippen LogP contribution in [0.4, 0.5) is 8.78 Å². The van der Waals surface area contributed by atoms with Crippen LogP contribution in [0.1, 0.15) is 118 Å². The van der Waals surface area contributed by atoms with Gasteiger partial charge in [-0.3, -0.25) is 19.2 Å². The Bertz CT molecular complexity index is 2550. The van der Waals surface area contributed by atoms with Crippen LogP contribution in [0.25, 0.3) is 22.3 Å². The molecule has 5 N–H and O–H groups in total. The molecule has 4 aromatic rings. The second-order valence-electron chi connectivity index (χ2n) is 19.6. The second kappa shape index (κ2) is 19.3. The van der Waals surface area contributed by atoms with Crippen molar-refractivity contribution in [2.24, 2.45) is 16.7 Å². The highest BCUT2D eigenvalue weighted by atomic mass is 32.2. The summed E-state index contributed by atoms with van der Waals surface area (Å²) in [5.74, 6) is -2.41. The van der Waals surface area contributed by atoms with Crippen molar-refractivity contribution in [2.75, 3.05) is 31.6 Å². The van der Waals surface area contributed by atoms with Gasteiger partial charge in [-0.1, -0.05) is 52.8 Å². The van der Waals surface area contributed by atoms with Crippen LogP contribution in [0.5, 0.6) is 0 Å². The lowest BCUT2D eigenvalue weighted by atomic mass is 9.86. The van der Waals surface area contributed by atoms with E-state index in [1.807, 2.05) is 12.1 Å². The summed E-state index contributed by atoms with van der Waals surface area (Å²) in [5.41, 5.74) is 4.91. The molecule has 0 aliphatic heterocycles. The van der Waals surface area contributed by atoms with E-state index in [0.29, 0.717) is 58.6 Å². The average molecular weight is 898 g/mol. The van der Waals surface area contributed by atoms with E-state index in [1.165, 1.54) is 12.1 Å². The average Bonchev–Trinajstić information content (AvgIpc) is 4.16. The Kier molecular flexibility index (Phi) is 14.5. The van der Waals surface area contributed by atoms with Crippen molar-refractivity contribution in [3.05, 3.63) is 117 Å². The number of carbonyl (C=O) groups is 4. The first-order chi connectivity index (χ1) is 30.0. The normalized spacial score (nSPS) is 16.2. The van der Waals surface area contributed by atoms with E-state index in [1.54, 1.807) is 56.3 Å². The minimum absolute atomic E-state index is 0.000911. The number of carbonyl (C=O) groups excluding carboxylic acids is 4. The molecule has 6 rings (SSSR count). The molecule has 0 bridgehead atoms. The van der Waals surface area contributed by atoms with E-state index in [4.69, 9.17) is 0 Å². The Hall–Kier alpha value is -5.47. The van der Waals surface area contributed by atoms with Crippen LogP contribution in [0.3, 0.4) is 0 Å². The monoisotopic (exact) mass is 897 g/mol. The quantitative estimate of drug-likeness (QED) is 0.0685. The molecule has 4 amide bonds. The highest BCUT2D eigenvalue weighted by Gasteiger charge is 2.42. The fourth-order valence-electron chi connectivity index (χ4n) is 7.77. The lowest BCUT2D eigenvalue weighted by molar-refractivity contribution is 0.0928. The van der Waals surface area contributed by atoms with E-state index in [0.717, 1.165) is 43.1 Å². The Labute approximate surface area is 375 Å². The number of benzene rings is 4. The van der Waals surface area contributed by atoms with E-state index in [9.17, 15) is 27.6 Å². The third-order valence-corrected chi connectivity index (χ3v) is 12.7. The molecule has 2 unspecified atom stereocenters. The van der Waals surface area contributed by atoms with Gasteiger partial charge >= 0.3 is 0 Å². The first-order valence-corrected chi connectivity index (χ1v) is 23.9. The van der Waals surface area contributed by atoms with Crippen molar-refractivity contribution in [1.29, 1.82) is 0 Å². The molecule has 11 nitrogen and oxygen atoms in total. The molecule has 4 aromatic carbocycles. The summed E-state index contributed by atoms with van der Waals surface area (Å²) in [6, 6.07) is 17.7. The van der Waals surface area contributed by atoms with E-state index in [-0.39, 0.29) is 64.1 Å².